The van der Waals surface area contributed by atoms with Gasteiger partial charge in [-0.3, -0.25) is 0 Å². The Bertz CT molecular complexity index is 1590. The molecule has 1 aromatic carbocycles. The van der Waals surface area contributed by atoms with Crippen LogP contribution in [-0.2, 0) is 18.0 Å². The molecule has 0 bridgehead atoms. The van der Waals surface area contributed by atoms with E-state index in [0.717, 1.165) is 10.7 Å². The largest absolute Gasteiger partial charge is 0.497 e. The van der Waals surface area contributed by atoms with Crippen molar-refractivity contribution in [2.45, 2.75) is 51.6 Å². The third-order valence-electron chi connectivity index (χ3n) is 6.80. The van der Waals surface area contributed by atoms with Crippen LogP contribution in [0.25, 0.3) is 33.4 Å². The maximum Gasteiger partial charge on any atom is 0.282 e. The third-order valence-corrected chi connectivity index (χ3v) is 8.50. The average molecular weight is 570 g/mol. The predicted molar refractivity (Wildman–Crippen MR) is 147 cm³/mol. The number of rotatable bonds is 9. The molecular weight excluding hydrogens is 539 g/mol. The van der Waals surface area contributed by atoms with Crippen LogP contribution in [0.4, 0.5) is 13.2 Å². The summed E-state index contributed by atoms with van der Waals surface area (Å²) < 4.78 is 63.5. The summed E-state index contributed by atoms with van der Waals surface area (Å²) in [5.41, 5.74) is 1.53. The quantitative estimate of drug-likeness (QED) is 0.171. The van der Waals surface area contributed by atoms with Gasteiger partial charge >= 0.3 is 0 Å². The van der Waals surface area contributed by atoms with E-state index in [1.165, 1.54) is 7.11 Å². The van der Waals surface area contributed by atoms with Crippen LogP contribution in [0.1, 0.15) is 17.7 Å². The van der Waals surface area contributed by atoms with Gasteiger partial charge in [0.2, 0.25) is 5.88 Å². The normalized spacial score (nSPS) is 15.2. The Balaban J connectivity index is 1.83. The van der Waals surface area contributed by atoms with E-state index in [-0.39, 0.29) is 31.3 Å². The van der Waals surface area contributed by atoms with E-state index in [2.05, 4.69) is 35.8 Å². The lowest BCUT2D eigenvalue weighted by molar-refractivity contribution is 0.0907. The highest BCUT2D eigenvalue weighted by atomic mass is 28.3. The monoisotopic (exact) mass is 569 g/mol. The minimum absolute atomic E-state index is 0.0121. The van der Waals surface area contributed by atoms with E-state index in [9.17, 15) is 18.4 Å². The molecule has 0 saturated heterocycles. The smallest absolute Gasteiger partial charge is 0.282 e. The van der Waals surface area contributed by atoms with Crippen molar-refractivity contribution in [3.8, 4) is 40.1 Å². The first-order valence-electron chi connectivity index (χ1n) is 12.9. The van der Waals surface area contributed by atoms with Crippen LogP contribution in [0.5, 0.6) is 11.6 Å². The summed E-state index contributed by atoms with van der Waals surface area (Å²) >= 11 is 0. The topological polar surface area (TPSA) is 87.1 Å². The molecule has 210 valence electrons. The van der Waals surface area contributed by atoms with Gasteiger partial charge in [0.15, 0.2) is 6.17 Å². The van der Waals surface area contributed by atoms with Crippen molar-refractivity contribution in [3.05, 3.63) is 47.8 Å². The molecule has 0 fully saturated rings. The van der Waals surface area contributed by atoms with Crippen molar-refractivity contribution in [2.75, 3.05) is 20.3 Å². The van der Waals surface area contributed by atoms with Gasteiger partial charge in [0.1, 0.15) is 30.4 Å². The lowest BCUT2D eigenvalue weighted by Crippen LogP contribution is -2.27. The summed E-state index contributed by atoms with van der Waals surface area (Å²) in [5, 5.41) is 14.7. The maximum absolute atomic E-state index is 14.6. The van der Waals surface area contributed by atoms with Crippen molar-refractivity contribution < 1.29 is 27.4 Å². The van der Waals surface area contributed by atoms with Crippen LogP contribution >= 0.6 is 0 Å². The Kier molecular flexibility index (Phi) is 7.61. The second-order valence-corrected chi connectivity index (χ2v) is 16.5. The lowest BCUT2D eigenvalue weighted by atomic mass is 9.94. The molecule has 8 nitrogen and oxygen atoms in total. The zero-order valence-corrected chi connectivity index (χ0v) is 23.7. The van der Waals surface area contributed by atoms with Crippen molar-refractivity contribution >= 4 is 19.1 Å². The van der Waals surface area contributed by atoms with E-state index >= 15 is 0 Å². The van der Waals surface area contributed by atoms with Crippen LogP contribution in [0.15, 0.2) is 36.5 Å². The van der Waals surface area contributed by atoms with Crippen LogP contribution in [0.2, 0.25) is 25.7 Å². The molecule has 0 amide bonds. The van der Waals surface area contributed by atoms with Gasteiger partial charge in [-0.2, -0.15) is 10.4 Å². The minimum Gasteiger partial charge on any atom is -0.497 e. The highest BCUT2D eigenvalue weighted by molar-refractivity contribution is 6.76. The second-order valence-electron chi connectivity index (χ2n) is 10.9. The third kappa shape index (κ3) is 5.19. The second kappa shape index (κ2) is 11.0. The molecule has 4 heterocycles. The van der Waals surface area contributed by atoms with E-state index in [4.69, 9.17) is 14.2 Å². The summed E-state index contributed by atoms with van der Waals surface area (Å²) in [6.45, 7) is 6.71. The standard InChI is InChI=1S/C28H30F3N5O3Si/c1-37-19-8-7-17(13-32)21(12-19)22-20-6-5-9-33-27(20)35(16-38-10-11-40(2,3)4)25(22)23-24(26(30)31)34-36-14-18(29)15-39-28(23)36/h5-9,12,18,26H,10-11,14-16H2,1-4H3/t18-/m0/s1. The highest BCUT2D eigenvalue weighted by Crippen LogP contribution is 2.48. The fourth-order valence-corrected chi connectivity index (χ4v) is 5.60. The Labute approximate surface area is 230 Å². The molecule has 0 saturated carbocycles. The first-order chi connectivity index (χ1) is 19.1. The van der Waals surface area contributed by atoms with Gasteiger partial charge in [-0.15, -0.1) is 0 Å². The van der Waals surface area contributed by atoms with E-state index in [1.54, 1.807) is 35.0 Å². The number of nitriles is 1. The number of benzene rings is 1. The van der Waals surface area contributed by atoms with E-state index < -0.39 is 26.4 Å². The number of fused-ring (bicyclic) bond motifs is 2. The number of alkyl halides is 3. The molecule has 5 rings (SSSR count). The van der Waals surface area contributed by atoms with Gasteiger partial charge in [-0.25, -0.2) is 22.8 Å². The number of hydrogen-bond acceptors (Lipinski definition) is 6. The van der Waals surface area contributed by atoms with Gasteiger partial charge in [0, 0.05) is 37.4 Å². The summed E-state index contributed by atoms with van der Waals surface area (Å²) in [7, 11) is 0.104. The SMILES string of the molecule is COc1ccc(C#N)c(-c2c(-c3c(C(F)F)nn4c3OC[C@@H](F)C4)n(COCC[Si](C)(C)C)c3ncccc23)c1. The van der Waals surface area contributed by atoms with Crippen molar-refractivity contribution in [2.24, 2.45) is 0 Å². The molecule has 0 spiro atoms. The average Bonchev–Trinajstić information content (AvgIpc) is 3.45. The Morgan fingerprint density at radius 2 is 2.02 bits per heavy atom. The van der Waals surface area contributed by atoms with Crippen LogP contribution < -0.4 is 9.47 Å². The van der Waals surface area contributed by atoms with Gasteiger partial charge in [-0.1, -0.05) is 19.6 Å². The molecule has 12 heteroatoms. The zero-order valence-electron chi connectivity index (χ0n) is 22.7. The number of nitrogens with zero attached hydrogens (tertiary/aromatic N) is 5. The number of hydrogen-bond donors (Lipinski definition) is 0. The maximum atomic E-state index is 14.6. The number of methoxy groups -OCH3 is 1. The molecule has 0 unspecified atom stereocenters. The molecule has 1 aliphatic rings. The van der Waals surface area contributed by atoms with E-state index in [0.29, 0.717) is 45.8 Å². The van der Waals surface area contributed by atoms with Gasteiger partial charge in [0.05, 0.1) is 36.5 Å². The number of aromatic nitrogens is 4. The van der Waals surface area contributed by atoms with Crippen LogP contribution in [-0.4, -0.2) is 53.9 Å². The molecule has 3 aromatic heterocycles. The Morgan fingerprint density at radius 3 is 2.73 bits per heavy atom. The number of halogens is 3. The Hall–Kier alpha value is -3.82. The Morgan fingerprint density at radius 1 is 1.23 bits per heavy atom. The van der Waals surface area contributed by atoms with Crippen LogP contribution in [0, 0.1) is 11.3 Å². The minimum atomic E-state index is -2.98. The zero-order chi connectivity index (χ0) is 28.6. The predicted octanol–water partition coefficient (Wildman–Crippen LogP) is 6.43. The molecule has 4 aromatic rings. The van der Waals surface area contributed by atoms with E-state index in [1.807, 2.05) is 6.07 Å². The van der Waals surface area contributed by atoms with Gasteiger partial charge in [-0.05, 0) is 36.4 Å². The number of ether oxygens (including phenoxy) is 3. The first kappa shape index (κ1) is 27.7. The van der Waals surface area contributed by atoms with Gasteiger partial charge in [0.25, 0.3) is 6.43 Å². The van der Waals surface area contributed by atoms with Gasteiger partial charge < -0.3 is 18.8 Å². The first-order valence-corrected chi connectivity index (χ1v) is 16.6. The molecule has 0 N–H and O–H groups in total. The van der Waals surface area contributed by atoms with Crippen molar-refractivity contribution in [1.82, 2.24) is 19.3 Å². The van der Waals surface area contributed by atoms with Crippen LogP contribution in [0.3, 0.4) is 0 Å². The lowest BCUT2D eigenvalue weighted by Gasteiger charge is -2.21. The summed E-state index contributed by atoms with van der Waals surface area (Å²) in [6, 6.07) is 11.6. The highest BCUT2D eigenvalue weighted by Gasteiger charge is 2.36. The summed E-state index contributed by atoms with van der Waals surface area (Å²) in [6.07, 6.45) is -2.75. The molecular formula is C28H30F3N5O3Si. The fraction of sp³-hybridized carbons (Fsp3) is 0.393. The van der Waals surface area contributed by atoms with Crippen molar-refractivity contribution in [1.29, 1.82) is 5.26 Å². The fourth-order valence-electron chi connectivity index (χ4n) is 4.84. The summed E-state index contributed by atoms with van der Waals surface area (Å²) in [5.74, 6) is 0.525. The molecule has 1 aliphatic heterocycles. The summed E-state index contributed by atoms with van der Waals surface area (Å²) in [4.78, 5) is 4.58. The molecule has 0 aliphatic carbocycles. The number of pyridine rings is 1. The molecule has 1 atom stereocenters. The van der Waals surface area contributed by atoms with Crippen molar-refractivity contribution in [3.63, 3.8) is 0 Å². The molecule has 40 heavy (non-hydrogen) atoms. The molecule has 0 radical (unpaired) electrons.